The minimum Gasteiger partial charge on any atom is -0.538 e. The quantitative estimate of drug-likeness (QED) is 0.463. The topological polar surface area (TPSA) is 43.4 Å². The summed E-state index contributed by atoms with van der Waals surface area (Å²) in [6.07, 6.45) is 2.06. The van der Waals surface area contributed by atoms with Crippen LogP contribution in [0.1, 0.15) is 33.6 Å². The molecule has 0 aliphatic rings. The molecule has 0 heterocycles. The summed E-state index contributed by atoms with van der Waals surface area (Å²) < 4.78 is 4.78. The van der Waals surface area contributed by atoms with Gasteiger partial charge < -0.3 is 4.65 Å². The molecule has 0 aliphatic heterocycles. The highest BCUT2D eigenvalue weighted by Crippen LogP contribution is 2.09. The predicted octanol–water partition coefficient (Wildman–Crippen LogP) is 1.59. The second-order valence-electron chi connectivity index (χ2n) is 2.96. The van der Waals surface area contributed by atoms with Crippen LogP contribution in [0, 0.1) is 5.92 Å². The molecule has 0 rings (SSSR count). The maximum Gasteiger partial charge on any atom is 0.373 e. The maximum atomic E-state index is 11.3. The van der Waals surface area contributed by atoms with Gasteiger partial charge in [0.1, 0.15) is 11.7 Å². The van der Waals surface area contributed by atoms with Crippen molar-refractivity contribution in [2.45, 2.75) is 39.9 Å². The highest BCUT2D eigenvalue weighted by molar-refractivity contribution is 6.30. The van der Waals surface area contributed by atoms with Gasteiger partial charge in [0.25, 0.3) is 5.97 Å². The molecular formula is C9H16BO3. The summed E-state index contributed by atoms with van der Waals surface area (Å²) >= 11 is 0. The third kappa shape index (κ3) is 4.71. The van der Waals surface area contributed by atoms with Crippen molar-refractivity contribution < 1.29 is 14.2 Å². The Hall–Kier alpha value is -0.795. The lowest BCUT2D eigenvalue weighted by Crippen LogP contribution is -2.25. The Morgan fingerprint density at radius 3 is 2.38 bits per heavy atom. The van der Waals surface area contributed by atoms with Gasteiger partial charge in [-0.1, -0.05) is 20.3 Å². The second-order valence-corrected chi connectivity index (χ2v) is 2.96. The van der Waals surface area contributed by atoms with Crippen LogP contribution in [-0.2, 0) is 14.2 Å². The second kappa shape index (κ2) is 6.69. The van der Waals surface area contributed by atoms with Crippen molar-refractivity contribution in [3.8, 4) is 0 Å². The van der Waals surface area contributed by atoms with Crippen molar-refractivity contribution in [3.05, 3.63) is 0 Å². The highest BCUT2D eigenvalue weighted by atomic mass is 16.5. The zero-order valence-corrected chi connectivity index (χ0v) is 8.50. The summed E-state index contributed by atoms with van der Waals surface area (Å²) in [5, 5.41) is 0. The molecule has 0 aliphatic carbocycles. The van der Waals surface area contributed by atoms with E-state index in [0.717, 1.165) is 6.42 Å². The van der Waals surface area contributed by atoms with Gasteiger partial charge in [-0.3, -0.25) is 9.59 Å². The Bertz CT molecular complexity index is 180. The van der Waals surface area contributed by atoms with E-state index >= 15 is 0 Å². The van der Waals surface area contributed by atoms with Crippen LogP contribution < -0.4 is 0 Å². The molecule has 0 bridgehead atoms. The van der Waals surface area contributed by atoms with Gasteiger partial charge in [-0.2, -0.15) is 0 Å². The van der Waals surface area contributed by atoms with Crippen LogP contribution in [-0.4, -0.2) is 19.2 Å². The first kappa shape index (κ1) is 12.2. The van der Waals surface area contributed by atoms with Crippen molar-refractivity contribution in [1.82, 2.24) is 0 Å². The average Bonchev–Trinajstić information content (AvgIpc) is 2.09. The van der Waals surface area contributed by atoms with Crippen molar-refractivity contribution in [2.24, 2.45) is 5.92 Å². The molecule has 1 atom stereocenters. The van der Waals surface area contributed by atoms with E-state index < -0.39 is 11.9 Å². The Balaban J connectivity index is 4.03. The van der Waals surface area contributed by atoms with Crippen LogP contribution in [0.2, 0.25) is 6.32 Å². The predicted molar refractivity (Wildman–Crippen MR) is 51.4 cm³/mol. The third-order valence-electron chi connectivity index (χ3n) is 1.72. The normalized spacial score (nSPS) is 11.9. The maximum absolute atomic E-state index is 11.3. The van der Waals surface area contributed by atoms with Crippen molar-refractivity contribution >= 4 is 19.2 Å². The molecule has 4 heteroatoms. The Labute approximate surface area is 80.1 Å². The fourth-order valence-corrected chi connectivity index (χ4v) is 1.02. The first-order chi connectivity index (χ1) is 6.13. The van der Waals surface area contributed by atoms with E-state index in [4.69, 9.17) is 4.65 Å². The largest absolute Gasteiger partial charge is 0.538 e. The number of Topliss-reactive ketones (excluding diaryl/α,β-unsaturated/α-hetero) is 1. The molecule has 73 valence electrons. The Morgan fingerprint density at radius 1 is 1.38 bits per heavy atom. The van der Waals surface area contributed by atoms with E-state index in [1.54, 1.807) is 0 Å². The molecule has 0 N–H and O–H groups in total. The molecule has 0 amide bonds. The Morgan fingerprint density at radius 2 is 2.00 bits per heavy atom. The van der Waals surface area contributed by atoms with Gasteiger partial charge in [0.05, 0.1) is 0 Å². The van der Waals surface area contributed by atoms with Crippen molar-refractivity contribution in [2.75, 3.05) is 0 Å². The van der Waals surface area contributed by atoms with Gasteiger partial charge >= 0.3 is 7.48 Å². The molecule has 0 aromatic heterocycles. The fraction of sp³-hybridized carbons (Fsp3) is 0.778. The summed E-state index contributed by atoms with van der Waals surface area (Å²) in [6, 6.07) is 0. The number of ketones is 1. The van der Waals surface area contributed by atoms with Crippen LogP contribution in [0.4, 0.5) is 0 Å². The van der Waals surface area contributed by atoms with Crippen LogP contribution in [0.3, 0.4) is 0 Å². The van der Waals surface area contributed by atoms with E-state index in [-0.39, 0.29) is 5.78 Å². The SMILES string of the molecule is CC[B]OC(=O)C(CCC)C(C)=O. The van der Waals surface area contributed by atoms with Crippen LogP contribution in [0.5, 0.6) is 0 Å². The number of carbonyl (C=O) groups excluding carboxylic acids is 2. The van der Waals surface area contributed by atoms with E-state index in [9.17, 15) is 9.59 Å². The molecule has 0 spiro atoms. The standard InChI is InChI=1S/C9H16BO3/c1-4-6-8(7(3)11)9(12)13-10-5-2/h8H,4-6H2,1-3H3. The first-order valence-corrected chi connectivity index (χ1v) is 4.66. The summed E-state index contributed by atoms with van der Waals surface area (Å²) in [4.78, 5) is 22.3. The molecule has 0 saturated heterocycles. The van der Waals surface area contributed by atoms with Crippen molar-refractivity contribution in [1.29, 1.82) is 0 Å². The molecule has 1 radical (unpaired) electrons. The molecule has 3 nitrogen and oxygen atoms in total. The van der Waals surface area contributed by atoms with Gasteiger partial charge in [0.2, 0.25) is 0 Å². The van der Waals surface area contributed by atoms with Gasteiger partial charge in [-0.25, -0.2) is 0 Å². The summed E-state index contributed by atoms with van der Waals surface area (Å²) in [5.74, 6) is -1.11. The van der Waals surface area contributed by atoms with Gasteiger partial charge in [0, 0.05) is 0 Å². The smallest absolute Gasteiger partial charge is 0.373 e. The van der Waals surface area contributed by atoms with E-state index in [2.05, 4.69) is 0 Å². The van der Waals surface area contributed by atoms with E-state index in [0.29, 0.717) is 12.7 Å². The van der Waals surface area contributed by atoms with Crippen molar-refractivity contribution in [3.63, 3.8) is 0 Å². The average molecular weight is 183 g/mol. The number of hydrogen-bond donors (Lipinski definition) is 0. The zero-order chi connectivity index (χ0) is 10.3. The van der Waals surface area contributed by atoms with E-state index in [1.807, 2.05) is 13.8 Å². The Kier molecular flexibility index (Phi) is 6.28. The van der Waals surface area contributed by atoms with E-state index in [1.165, 1.54) is 14.4 Å². The molecule has 0 saturated carbocycles. The van der Waals surface area contributed by atoms with Crippen LogP contribution in [0.25, 0.3) is 0 Å². The van der Waals surface area contributed by atoms with Gasteiger partial charge in [-0.15, -0.1) is 0 Å². The van der Waals surface area contributed by atoms with Crippen LogP contribution >= 0.6 is 0 Å². The lowest BCUT2D eigenvalue weighted by molar-refractivity contribution is -0.143. The van der Waals surface area contributed by atoms with Crippen LogP contribution in [0.15, 0.2) is 0 Å². The minimum absolute atomic E-state index is 0.114. The molecule has 0 fully saturated rings. The number of hydrogen-bond acceptors (Lipinski definition) is 3. The third-order valence-corrected chi connectivity index (χ3v) is 1.72. The van der Waals surface area contributed by atoms with Gasteiger partial charge in [-0.05, 0) is 19.7 Å². The molecule has 13 heavy (non-hydrogen) atoms. The number of rotatable bonds is 6. The summed E-state index contributed by atoms with van der Waals surface area (Å²) in [7, 11) is 1.42. The zero-order valence-electron chi connectivity index (χ0n) is 8.50. The molecular weight excluding hydrogens is 167 g/mol. The molecule has 0 aromatic carbocycles. The van der Waals surface area contributed by atoms with Gasteiger partial charge in [0.15, 0.2) is 0 Å². The fourth-order valence-electron chi connectivity index (χ4n) is 1.02. The molecule has 0 aromatic rings. The molecule has 1 unspecified atom stereocenters. The minimum atomic E-state index is -0.576. The number of carbonyl (C=O) groups is 2. The summed E-state index contributed by atoms with van der Waals surface area (Å²) in [5.41, 5.74) is 0. The lowest BCUT2D eigenvalue weighted by atomic mass is 9.95. The highest BCUT2D eigenvalue weighted by Gasteiger charge is 2.23. The first-order valence-electron chi connectivity index (χ1n) is 4.66. The monoisotopic (exact) mass is 183 g/mol. The summed E-state index contributed by atoms with van der Waals surface area (Å²) in [6.45, 7) is 5.23. The lowest BCUT2D eigenvalue weighted by Gasteiger charge is -2.11.